The maximum absolute atomic E-state index is 9.22. The van der Waals surface area contributed by atoms with E-state index in [1.807, 2.05) is 0 Å². The Kier molecular flexibility index (Phi) is 5.42. The number of rotatable bonds is 5. The molecule has 0 saturated carbocycles. The van der Waals surface area contributed by atoms with Gasteiger partial charge in [-0.1, -0.05) is 0 Å². The highest BCUT2D eigenvalue weighted by Crippen LogP contribution is 2.38. The smallest absolute Gasteiger partial charge is 0.330 e. The van der Waals surface area contributed by atoms with Crippen LogP contribution in [0.4, 0.5) is 0 Å². The van der Waals surface area contributed by atoms with Crippen LogP contribution in [-0.4, -0.2) is 63.0 Å². The largest absolute Gasteiger partial charge is 0.394 e. The highest BCUT2D eigenvalue weighted by molar-refractivity contribution is 7.40. The molecule has 0 spiro atoms. The first-order valence-electron chi connectivity index (χ1n) is 4.38. The van der Waals surface area contributed by atoms with Crippen LogP contribution in [0.2, 0.25) is 0 Å². The first-order chi connectivity index (χ1) is 7.13. The van der Waals surface area contributed by atoms with Crippen molar-refractivity contribution in [1.29, 1.82) is 0 Å². The minimum absolute atomic E-state index is 0.259. The lowest BCUT2D eigenvalue weighted by Gasteiger charge is -2.23. The molecule has 8 heteroatoms. The molecule has 0 aromatic carbocycles. The molecule has 1 rings (SSSR count). The molecule has 1 saturated heterocycles. The molecule has 2 radical (unpaired) electrons. The fourth-order valence-corrected chi connectivity index (χ4v) is 2.00. The molecule has 0 bridgehead atoms. The van der Waals surface area contributed by atoms with Gasteiger partial charge in [-0.05, 0) is 0 Å². The summed E-state index contributed by atoms with van der Waals surface area (Å²) in [5, 5.41) is 9.02. The maximum Gasteiger partial charge on any atom is 0.330 e. The number of aliphatic hydroxyl groups is 1. The number of hydrogen-bond acceptors (Lipinski definition) is 6. The molecule has 5 unspecified atom stereocenters. The van der Waals surface area contributed by atoms with Crippen LogP contribution < -0.4 is 0 Å². The van der Waals surface area contributed by atoms with Gasteiger partial charge in [-0.2, -0.15) is 0 Å². The van der Waals surface area contributed by atoms with Crippen molar-refractivity contribution < 1.29 is 28.5 Å². The molecule has 86 valence electrons. The summed E-state index contributed by atoms with van der Waals surface area (Å²) in [5.74, 6) is 0. The van der Waals surface area contributed by atoms with Gasteiger partial charge >= 0.3 is 8.60 Å². The van der Waals surface area contributed by atoms with Crippen LogP contribution in [0.1, 0.15) is 0 Å². The van der Waals surface area contributed by atoms with Crippen molar-refractivity contribution in [2.24, 2.45) is 0 Å². The van der Waals surface area contributed by atoms with Crippen LogP contribution in [0.5, 0.6) is 0 Å². The molecule has 1 aliphatic rings. The van der Waals surface area contributed by atoms with Crippen molar-refractivity contribution in [1.82, 2.24) is 0 Å². The van der Waals surface area contributed by atoms with Crippen molar-refractivity contribution >= 4 is 16.4 Å². The van der Waals surface area contributed by atoms with Gasteiger partial charge in [0.05, 0.1) is 6.61 Å². The van der Waals surface area contributed by atoms with E-state index in [9.17, 15) is 4.89 Å². The number of hydrogen-bond donors (Lipinski definition) is 2. The minimum Gasteiger partial charge on any atom is -0.394 e. The van der Waals surface area contributed by atoms with E-state index in [1.165, 1.54) is 14.2 Å². The summed E-state index contributed by atoms with van der Waals surface area (Å²) in [7, 11) is 6.38. The first kappa shape index (κ1) is 13.3. The fraction of sp³-hybridized carbons (Fsp3) is 1.00. The van der Waals surface area contributed by atoms with Gasteiger partial charge in [0.15, 0.2) is 0 Å². The predicted molar refractivity (Wildman–Crippen MR) is 53.3 cm³/mol. The standard InChI is InChI=1S/C7H14BO6P/c1-11-6-5(14-15(10)12-2)4(3-9)13-7(6)8/h4-7,9-10H,3H2,1-2H3. The third kappa shape index (κ3) is 3.11. The van der Waals surface area contributed by atoms with Crippen LogP contribution in [0, 0.1) is 0 Å². The highest BCUT2D eigenvalue weighted by Gasteiger charge is 2.44. The zero-order chi connectivity index (χ0) is 11.4. The summed E-state index contributed by atoms with van der Waals surface area (Å²) >= 11 is 0. The Labute approximate surface area is 90.9 Å². The summed E-state index contributed by atoms with van der Waals surface area (Å²) < 4.78 is 20.0. The molecular formula is C7H14BO6P. The van der Waals surface area contributed by atoms with E-state index >= 15 is 0 Å². The van der Waals surface area contributed by atoms with Crippen LogP contribution in [0.25, 0.3) is 0 Å². The molecule has 1 heterocycles. The van der Waals surface area contributed by atoms with Crippen LogP contribution in [0.15, 0.2) is 0 Å². The lowest BCUT2D eigenvalue weighted by atomic mass is 9.93. The quantitative estimate of drug-likeness (QED) is 0.477. The van der Waals surface area contributed by atoms with Gasteiger partial charge < -0.3 is 28.5 Å². The Bertz CT molecular complexity index is 196. The molecule has 0 aromatic rings. The maximum atomic E-state index is 9.22. The molecule has 15 heavy (non-hydrogen) atoms. The lowest BCUT2D eigenvalue weighted by molar-refractivity contribution is -0.00760. The Balaban J connectivity index is 2.62. The van der Waals surface area contributed by atoms with Gasteiger partial charge in [0.25, 0.3) is 0 Å². The third-order valence-electron chi connectivity index (χ3n) is 2.17. The average Bonchev–Trinajstić information content (AvgIpc) is 2.54. The molecule has 6 nitrogen and oxygen atoms in total. The van der Waals surface area contributed by atoms with E-state index in [0.29, 0.717) is 0 Å². The molecule has 1 aliphatic heterocycles. The van der Waals surface area contributed by atoms with Gasteiger partial charge in [-0.15, -0.1) is 0 Å². The molecule has 2 N–H and O–H groups in total. The van der Waals surface area contributed by atoms with Crippen molar-refractivity contribution in [3.8, 4) is 0 Å². The first-order valence-corrected chi connectivity index (χ1v) is 5.51. The molecule has 0 amide bonds. The van der Waals surface area contributed by atoms with E-state index in [4.69, 9.17) is 27.0 Å². The Morgan fingerprint density at radius 2 is 2.07 bits per heavy atom. The van der Waals surface area contributed by atoms with E-state index < -0.39 is 32.9 Å². The Hall–Kier alpha value is 0.255. The number of methoxy groups -OCH3 is 1. The summed E-state index contributed by atoms with van der Waals surface area (Å²) in [5.41, 5.74) is 0. The Morgan fingerprint density at radius 1 is 1.40 bits per heavy atom. The van der Waals surface area contributed by atoms with Crippen LogP contribution >= 0.6 is 8.60 Å². The van der Waals surface area contributed by atoms with Crippen molar-refractivity contribution in [2.75, 3.05) is 20.8 Å². The SMILES string of the molecule is [B]C1OC(CO)C(OP(O)OC)C1OC. The van der Waals surface area contributed by atoms with Gasteiger partial charge in [-0.3, -0.25) is 0 Å². The monoisotopic (exact) mass is 236 g/mol. The van der Waals surface area contributed by atoms with Crippen molar-refractivity contribution in [3.63, 3.8) is 0 Å². The molecule has 5 atom stereocenters. The number of ether oxygens (including phenoxy) is 2. The average molecular weight is 236 g/mol. The Morgan fingerprint density at radius 3 is 2.53 bits per heavy atom. The fourth-order valence-electron chi connectivity index (χ4n) is 1.45. The van der Waals surface area contributed by atoms with Gasteiger partial charge in [-0.25, -0.2) is 0 Å². The van der Waals surface area contributed by atoms with Crippen molar-refractivity contribution in [2.45, 2.75) is 24.3 Å². The lowest BCUT2D eigenvalue weighted by Crippen LogP contribution is -2.37. The van der Waals surface area contributed by atoms with E-state index in [0.717, 1.165) is 0 Å². The van der Waals surface area contributed by atoms with E-state index in [2.05, 4.69) is 4.52 Å². The topological polar surface area (TPSA) is 77.4 Å². The third-order valence-corrected chi connectivity index (χ3v) is 2.90. The van der Waals surface area contributed by atoms with Crippen LogP contribution in [0.3, 0.4) is 0 Å². The van der Waals surface area contributed by atoms with E-state index in [-0.39, 0.29) is 6.61 Å². The molecule has 1 fully saturated rings. The molecule has 0 aliphatic carbocycles. The summed E-state index contributed by atoms with van der Waals surface area (Å²) in [6, 6.07) is -0.683. The van der Waals surface area contributed by atoms with E-state index in [1.54, 1.807) is 0 Å². The predicted octanol–water partition coefficient (Wildman–Crippen LogP) is -0.862. The summed E-state index contributed by atoms with van der Waals surface area (Å²) in [6.45, 7) is -0.259. The second-order valence-corrected chi connectivity index (χ2v) is 4.06. The second kappa shape index (κ2) is 6.10. The van der Waals surface area contributed by atoms with Gasteiger partial charge in [0, 0.05) is 20.2 Å². The van der Waals surface area contributed by atoms with Crippen molar-refractivity contribution in [3.05, 3.63) is 0 Å². The zero-order valence-electron chi connectivity index (χ0n) is 8.57. The molecular weight excluding hydrogens is 222 g/mol. The second-order valence-electron chi connectivity index (χ2n) is 3.01. The van der Waals surface area contributed by atoms with Gasteiger partial charge in [0.2, 0.25) is 0 Å². The van der Waals surface area contributed by atoms with Gasteiger partial charge in [0.1, 0.15) is 26.2 Å². The van der Waals surface area contributed by atoms with Crippen LogP contribution in [-0.2, 0) is 18.5 Å². The summed E-state index contributed by atoms with van der Waals surface area (Å²) in [6.07, 6.45) is -1.78. The molecule has 0 aromatic heterocycles. The zero-order valence-corrected chi connectivity index (χ0v) is 9.46. The summed E-state index contributed by atoms with van der Waals surface area (Å²) in [4.78, 5) is 9.22. The normalized spacial score (nSPS) is 38.1. The number of aliphatic hydroxyl groups excluding tert-OH is 1. The highest BCUT2D eigenvalue weighted by atomic mass is 31.2. The minimum atomic E-state index is -2.00.